The highest BCUT2D eigenvalue weighted by Gasteiger charge is 2.37. The average molecular weight is 311 g/mol. The highest BCUT2D eigenvalue weighted by molar-refractivity contribution is 5.89. The molecule has 2 saturated heterocycles. The molecule has 0 bridgehead atoms. The topological polar surface area (TPSA) is 70.2 Å². The maximum absolute atomic E-state index is 12.5. The van der Waals surface area contributed by atoms with E-state index in [4.69, 9.17) is 4.74 Å². The molecule has 7 nitrogen and oxygen atoms in total. The molecule has 0 aromatic heterocycles. The minimum atomic E-state index is -0.252. The lowest BCUT2D eigenvalue weighted by molar-refractivity contribution is -0.141. The number of ether oxygens (including phenoxy) is 1. The molecule has 2 fully saturated rings. The minimum Gasteiger partial charge on any atom is -0.383 e. The van der Waals surface area contributed by atoms with Crippen molar-refractivity contribution in [3.63, 3.8) is 0 Å². The fourth-order valence-electron chi connectivity index (χ4n) is 3.01. The van der Waals surface area contributed by atoms with E-state index in [9.17, 15) is 14.4 Å². The third-order valence-electron chi connectivity index (χ3n) is 4.38. The Morgan fingerprint density at radius 1 is 1.18 bits per heavy atom. The van der Waals surface area contributed by atoms with Gasteiger partial charge in [0.1, 0.15) is 0 Å². The third kappa shape index (κ3) is 3.76. The molecule has 3 amide bonds. The van der Waals surface area contributed by atoms with Crippen LogP contribution in [0, 0.1) is 5.92 Å². The van der Waals surface area contributed by atoms with Gasteiger partial charge < -0.3 is 19.4 Å². The molecule has 2 aliphatic heterocycles. The van der Waals surface area contributed by atoms with Crippen LogP contribution in [0.1, 0.15) is 19.8 Å². The van der Waals surface area contributed by atoms with Crippen molar-refractivity contribution < 1.29 is 19.1 Å². The first kappa shape index (κ1) is 16.7. The molecule has 22 heavy (non-hydrogen) atoms. The minimum absolute atomic E-state index is 0.0233. The summed E-state index contributed by atoms with van der Waals surface area (Å²) in [5, 5.41) is 0. The fourth-order valence-corrected chi connectivity index (χ4v) is 3.01. The van der Waals surface area contributed by atoms with E-state index >= 15 is 0 Å². The molecule has 2 heterocycles. The Kier molecular flexibility index (Phi) is 5.76. The van der Waals surface area contributed by atoms with Crippen molar-refractivity contribution in [1.82, 2.24) is 14.7 Å². The lowest BCUT2D eigenvalue weighted by Gasteiger charge is -2.35. The summed E-state index contributed by atoms with van der Waals surface area (Å²) >= 11 is 0. The number of piperazine rings is 1. The summed E-state index contributed by atoms with van der Waals surface area (Å²) in [4.78, 5) is 41.4. The molecule has 0 spiro atoms. The van der Waals surface area contributed by atoms with Gasteiger partial charge in [-0.15, -0.1) is 0 Å². The number of methoxy groups -OCH3 is 1. The standard InChI is InChI=1S/C15H25N3O4/c1-3-13(19)16-4-6-17(7-5-16)15(21)12-10-14(20)18(11-12)8-9-22-2/h12H,3-11H2,1-2H3. The number of amides is 3. The van der Waals surface area contributed by atoms with Gasteiger partial charge in [-0.2, -0.15) is 0 Å². The molecule has 124 valence electrons. The van der Waals surface area contributed by atoms with Gasteiger partial charge in [0.05, 0.1) is 12.5 Å². The number of hydrogen-bond donors (Lipinski definition) is 0. The van der Waals surface area contributed by atoms with E-state index in [2.05, 4.69) is 0 Å². The van der Waals surface area contributed by atoms with Crippen LogP contribution in [-0.4, -0.2) is 85.4 Å². The van der Waals surface area contributed by atoms with Gasteiger partial charge in [0.15, 0.2) is 0 Å². The zero-order valence-corrected chi connectivity index (χ0v) is 13.4. The molecule has 0 radical (unpaired) electrons. The van der Waals surface area contributed by atoms with Gasteiger partial charge in [-0.3, -0.25) is 14.4 Å². The van der Waals surface area contributed by atoms with Crippen LogP contribution in [0.4, 0.5) is 0 Å². The van der Waals surface area contributed by atoms with Crippen LogP contribution in [-0.2, 0) is 19.1 Å². The Morgan fingerprint density at radius 3 is 2.41 bits per heavy atom. The van der Waals surface area contributed by atoms with E-state index in [-0.39, 0.29) is 30.1 Å². The molecule has 7 heteroatoms. The van der Waals surface area contributed by atoms with Crippen LogP contribution in [0.5, 0.6) is 0 Å². The highest BCUT2D eigenvalue weighted by atomic mass is 16.5. The third-order valence-corrected chi connectivity index (χ3v) is 4.38. The maximum atomic E-state index is 12.5. The smallest absolute Gasteiger partial charge is 0.228 e. The summed E-state index contributed by atoms with van der Waals surface area (Å²) < 4.78 is 4.98. The second-order valence-electron chi connectivity index (χ2n) is 5.79. The molecular weight excluding hydrogens is 286 g/mol. The quantitative estimate of drug-likeness (QED) is 0.690. The fraction of sp³-hybridized carbons (Fsp3) is 0.800. The molecule has 0 saturated carbocycles. The number of nitrogens with zero attached hydrogens (tertiary/aromatic N) is 3. The Labute approximate surface area is 131 Å². The molecule has 0 aromatic carbocycles. The Bertz CT molecular complexity index is 433. The number of carbonyl (C=O) groups is 3. The van der Waals surface area contributed by atoms with E-state index in [0.717, 1.165) is 0 Å². The predicted octanol–water partition coefficient (Wildman–Crippen LogP) is -0.438. The Morgan fingerprint density at radius 2 is 1.82 bits per heavy atom. The van der Waals surface area contributed by atoms with Gasteiger partial charge in [-0.1, -0.05) is 6.92 Å². The monoisotopic (exact) mass is 311 g/mol. The predicted molar refractivity (Wildman–Crippen MR) is 80.0 cm³/mol. The largest absolute Gasteiger partial charge is 0.383 e. The van der Waals surface area contributed by atoms with Crippen LogP contribution in [0.3, 0.4) is 0 Å². The van der Waals surface area contributed by atoms with Crippen molar-refractivity contribution in [3.05, 3.63) is 0 Å². The summed E-state index contributed by atoms with van der Waals surface area (Å²) in [6.45, 7) is 5.66. The zero-order chi connectivity index (χ0) is 16.1. The van der Waals surface area contributed by atoms with Gasteiger partial charge in [0.2, 0.25) is 17.7 Å². The second kappa shape index (κ2) is 7.58. The van der Waals surface area contributed by atoms with Crippen LogP contribution < -0.4 is 0 Å². The Hall–Kier alpha value is -1.63. The van der Waals surface area contributed by atoms with Crippen LogP contribution in [0.15, 0.2) is 0 Å². The first-order valence-corrected chi connectivity index (χ1v) is 7.90. The highest BCUT2D eigenvalue weighted by Crippen LogP contribution is 2.20. The van der Waals surface area contributed by atoms with Crippen LogP contribution >= 0.6 is 0 Å². The summed E-state index contributed by atoms with van der Waals surface area (Å²) in [6.07, 6.45) is 0.788. The number of carbonyl (C=O) groups excluding carboxylic acids is 3. The van der Waals surface area contributed by atoms with E-state index in [1.165, 1.54) is 0 Å². The second-order valence-corrected chi connectivity index (χ2v) is 5.79. The van der Waals surface area contributed by atoms with Gasteiger partial charge in [-0.25, -0.2) is 0 Å². The SMILES string of the molecule is CCC(=O)N1CCN(C(=O)C2CC(=O)N(CCOC)C2)CC1. The summed E-state index contributed by atoms with van der Waals surface area (Å²) in [5.41, 5.74) is 0. The average Bonchev–Trinajstić information content (AvgIpc) is 2.92. The summed E-state index contributed by atoms with van der Waals surface area (Å²) in [7, 11) is 1.60. The Balaban J connectivity index is 1.83. The first-order chi connectivity index (χ1) is 10.6. The van der Waals surface area contributed by atoms with Crippen LogP contribution in [0.25, 0.3) is 0 Å². The van der Waals surface area contributed by atoms with E-state index in [1.54, 1.807) is 21.8 Å². The van der Waals surface area contributed by atoms with Gasteiger partial charge in [-0.05, 0) is 0 Å². The lowest BCUT2D eigenvalue weighted by Crippen LogP contribution is -2.52. The molecule has 0 aliphatic carbocycles. The zero-order valence-electron chi connectivity index (χ0n) is 13.4. The van der Waals surface area contributed by atoms with Gasteiger partial charge >= 0.3 is 0 Å². The van der Waals surface area contributed by atoms with Gasteiger partial charge in [0.25, 0.3) is 0 Å². The number of rotatable bonds is 5. The van der Waals surface area contributed by atoms with Crippen molar-refractivity contribution in [2.75, 3.05) is 53.0 Å². The molecule has 0 N–H and O–H groups in total. The molecule has 0 aromatic rings. The molecule has 1 atom stereocenters. The van der Waals surface area contributed by atoms with Crippen molar-refractivity contribution in [2.45, 2.75) is 19.8 Å². The van der Waals surface area contributed by atoms with Crippen molar-refractivity contribution in [1.29, 1.82) is 0 Å². The van der Waals surface area contributed by atoms with Crippen molar-refractivity contribution >= 4 is 17.7 Å². The maximum Gasteiger partial charge on any atom is 0.228 e. The van der Waals surface area contributed by atoms with E-state index < -0.39 is 0 Å². The molecule has 2 aliphatic rings. The van der Waals surface area contributed by atoms with Crippen molar-refractivity contribution in [2.24, 2.45) is 5.92 Å². The summed E-state index contributed by atoms with van der Waals surface area (Å²) in [6, 6.07) is 0. The molecule has 2 rings (SSSR count). The number of hydrogen-bond acceptors (Lipinski definition) is 4. The van der Waals surface area contributed by atoms with E-state index in [1.807, 2.05) is 6.92 Å². The van der Waals surface area contributed by atoms with Gasteiger partial charge in [0, 0.05) is 59.2 Å². The van der Waals surface area contributed by atoms with Crippen molar-refractivity contribution in [3.8, 4) is 0 Å². The number of likely N-dealkylation sites (tertiary alicyclic amines) is 1. The molecular formula is C15H25N3O4. The first-order valence-electron chi connectivity index (χ1n) is 7.90. The van der Waals surface area contributed by atoms with Crippen LogP contribution in [0.2, 0.25) is 0 Å². The molecule has 1 unspecified atom stereocenters. The lowest BCUT2D eigenvalue weighted by atomic mass is 10.1. The van der Waals surface area contributed by atoms with E-state index in [0.29, 0.717) is 52.3 Å². The normalized spacial score (nSPS) is 22.4. The summed E-state index contributed by atoms with van der Waals surface area (Å²) in [5.74, 6) is -0.0567.